The summed E-state index contributed by atoms with van der Waals surface area (Å²) in [6.45, 7) is 3.74. The zero-order chi connectivity index (χ0) is 20.0. The number of carbonyl (C=O) groups is 1. The average Bonchev–Trinajstić information content (AvgIpc) is 3.36. The number of benzene rings is 1. The van der Waals surface area contributed by atoms with E-state index in [9.17, 15) is 9.18 Å². The molecule has 1 aliphatic heterocycles. The van der Waals surface area contributed by atoms with E-state index in [1.165, 1.54) is 6.07 Å². The lowest BCUT2D eigenvalue weighted by Gasteiger charge is -2.19. The number of anilines is 2. The number of carbonyl (C=O) groups excluding carboxylic acids is 1. The number of nitrogens with zero attached hydrogens (tertiary/aromatic N) is 5. The molecule has 0 saturated carbocycles. The summed E-state index contributed by atoms with van der Waals surface area (Å²) in [5, 5.41) is 2.77. The van der Waals surface area contributed by atoms with Crippen LogP contribution in [0.5, 0.6) is 0 Å². The number of aromatic nitrogens is 4. The van der Waals surface area contributed by atoms with Gasteiger partial charge in [-0.1, -0.05) is 0 Å². The number of pyridine rings is 1. The maximum atomic E-state index is 14.3. The van der Waals surface area contributed by atoms with Gasteiger partial charge in [0.2, 0.25) is 0 Å². The van der Waals surface area contributed by atoms with E-state index in [4.69, 9.17) is 0 Å². The molecule has 0 spiro atoms. The summed E-state index contributed by atoms with van der Waals surface area (Å²) < 4.78 is 15.9. The van der Waals surface area contributed by atoms with E-state index in [1.54, 1.807) is 42.2 Å². The molecule has 1 fully saturated rings. The highest BCUT2D eigenvalue weighted by Crippen LogP contribution is 2.29. The minimum absolute atomic E-state index is 0.229. The molecule has 1 aliphatic rings. The predicted molar refractivity (Wildman–Crippen MR) is 109 cm³/mol. The molecule has 4 heterocycles. The Bertz CT molecular complexity index is 1240. The quantitative estimate of drug-likeness (QED) is 0.579. The Morgan fingerprint density at radius 1 is 1.10 bits per heavy atom. The van der Waals surface area contributed by atoms with Crippen LogP contribution in [-0.4, -0.2) is 38.3 Å². The van der Waals surface area contributed by atoms with Gasteiger partial charge in [0.1, 0.15) is 11.0 Å². The van der Waals surface area contributed by atoms with Gasteiger partial charge in [0.15, 0.2) is 11.5 Å². The van der Waals surface area contributed by atoms with Gasteiger partial charge in [-0.25, -0.2) is 9.37 Å². The fraction of sp³-hybridized carbons (Fsp3) is 0.238. The van der Waals surface area contributed by atoms with E-state index in [1.807, 2.05) is 6.07 Å². The largest absolute Gasteiger partial charge is 0.370 e. The van der Waals surface area contributed by atoms with Crippen LogP contribution in [0.15, 0.2) is 43.0 Å². The SMILES string of the molecule is Cc1cn2cc(NC(=O)c3ccc(N4CCCC4)c4nccnc34)cc(F)c2n1. The first-order valence-corrected chi connectivity index (χ1v) is 9.55. The van der Waals surface area contributed by atoms with E-state index < -0.39 is 5.82 Å². The second kappa shape index (κ2) is 6.80. The molecule has 0 unspecified atom stereocenters. The summed E-state index contributed by atoms with van der Waals surface area (Å²) >= 11 is 0. The third-order valence-electron chi connectivity index (χ3n) is 5.18. The van der Waals surface area contributed by atoms with Crippen molar-refractivity contribution in [2.24, 2.45) is 0 Å². The van der Waals surface area contributed by atoms with Crippen LogP contribution >= 0.6 is 0 Å². The van der Waals surface area contributed by atoms with E-state index in [0.29, 0.717) is 28.0 Å². The second-order valence-electron chi connectivity index (χ2n) is 7.22. The first kappa shape index (κ1) is 17.5. The smallest absolute Gasteiger partial charge is 0.257 e. The van der Waals surface area contributed by atoms with Gasteiger partial charge in [0.25, 0.3) is 5.91 Å². The summed E-state index contributed by atoms with van der Waals surface area (Å²) in [7, 11) is 0. The molecule has 5 rings (SSSR count). The Balaban J connectivity index is 1.52. The summed E-state index contributed by atoms with van der Waals surface area (Å²) in [6, 6.07) is 4.95. The Morgan fingerprint density at radius 2 is 1.86 bits per heavy atom. The lowest BCUT2D eigenvalue weighted by atomic mass is 10.1. The molecule has 146 valence electrons. The van der Waals surface area contributed by atoms with Crippen LogP contribution in [0.1, 0.15) is 28.9 Å². The van der Waals surface area contributed by atoms with Gasteiger partial charge in [-0.2, -0.15) is 0 Å². The van der Waals surface area contributed by atoms with Gasteiger partial charge in [-0.15, -0.1) is 0 Å². The summed E-state index contributed by atoms with van der Waals surface area (Å²) in [4.78, 5) is 28.3. The number of rotatable bonds is 3. The minimum Gasteiger partial charge on any atom is -0.370 e. The number of hydrogen-bond acceptors (Lipinski definition) is 5. The van der Waals surface area contributed by atoms with Crippen molar-refractivity contribution in [3.05, 3.63) is 60.1 Å². The van der Waals surface area contributed by atoms with Gasteiger partial charge in [0.05, 0.1) is 22.6 Å². The van der Waals surface area contributed by atoms with Crippen LogP contribution in [0.2, 0.25) is 0 Å². The molecular weight excluding hydrogens is 371 g/mol. The Hall–Kier alpha value is -3.55. The topological polar surface area (TPSA) is 75.4 Å². The Morgan fingerprint density at radius 3 is 2.66 bits per heavy atom. The van der Waals surface area contributed by atoms with E-state index in [2.05, 4.69) is 25.2 Å². The second-order valence-corrected chi connectivity index (χ2v) is 7.22. The first-order chi connectivity index (χ1) is 14.1. The van der Waals surface area contributed by atoms with Crippen molar-refractivity contribution < 1.29 is 9.18 Å². The maximum absolute atomic E-state index is 14.3. The molecular formula is C21H19FN6O. The molecule has 1 aromatic carbocycles. The maximum Gasteiger partial charge on any atom is 0.257 e. The van der Waals surface area contributed by atoms with Gasteiger partial charge < -0.3 is 14.6 Å². The number of amides is 1. The zero-order valence-electron chi connectivity index (χ0n) is 15.9. The van der Waals surface area contributed by atoms with Crippen molar-refractivity contribution >= 4 is 34.0 Å². The molecule has 8 heteroatoms. The number of imidazole rings is 1. The van der Waals surface area contributed by atoms with E-state index in [-0.39, 0.29) is 11.6 Å². The Kier molecular flexibility index (Phi) is 4.12. The molecule has 29 heavy (non-hydrogen) atoms. The van der Waals surface area contributed by atoms with Crippen molar-refractivity contribution in [3.63, 3.8) is 0 Å². The fourth-order valence-corrected chi connectivity index (χ4v) is 3.89. The van der Waals surface area contributed by atoms with Crippen LogP contribution in [-0.2, 0) is 0 Å². The van der Waals surface area contributed by atoms with Crippen molar-refractivity contribution in [2.75, 3.05) is 23.3 Å². The number of halogens is 1. The molecule has 0 atom stereocenters. The number of hydrogen-bond donors (Lipinski definition) is 1. The van der Waals surface area contributed by atoms with Crippen LogP contribution in [0.3, 0.4) is 0 Å². The molecule has 7 nitrogen and oxygen atoms in total. The van der Waals surface area contributed by atoms with Crippen LogP contribution in [0, 0.1) is 12.7 Å². The van der Waals surface area contributed by atoms with Gasteiger partial charge in [-0.3, -0.25) is 14.8 Å². The van der Waals surface area contributed by atoms with Crippen molar-refractivity contribution in [1.29, 1.82) is 0 Å². The fourth-order valence-electron chi connectivity index (χ4n) is 3.89. The van der Waals surface area contributed by atoms with Gasteiger partial charge in [0, 0.05) is 43.9 Å². The van der Waals surface area contributed by atoms with Crippen molar-refractivity contribution in [2.45, 2.75) is 19.8 Å². The molecule has 1 saturated heterocycles. The highest BCUT2D eigenvalue weighted by Gasteiger charge is 2.20. The molecule has 0 radical (unpaired) electrons. The lowest BCUT2D eigenvalue weighted by Crippen LogP contribution is -2.19. The summed E-state index contributed by atoms with van der Waals surface area (Å²) in [5.41, 5.74) is 3.90. The molecule has 3 aromatic heterocycles. The standard InChI is InChI=1S/C21H19FN6O/c1-13-11-28-12-14(10-16(22)20(28)25-13)26-21(29)15-4-5-17(27-8-2-3-9-27)19-18(15)23-6-7-24-19/h4-7,10-12H,2-3,8-9H2,1H3,(H,26,29). The van der Waals surface area contributed by atoms with Crippen LogP contribution in [0.4, 0.5) is 15.8 Å². The highest BCUT2D eigenvalue weighted by atomic mass is 19.1. The predicted octanol–water partition coefficient (Wildman–Crippen LogP) is 3.58. The first-order valence-electron chi connectivity index (χ1n) is 9.55. The normalized spacial score (nSPS) is 14.1. The molecule has 1 N–H and O–H groups in total. The molecule has 4 aromatic rings. The summed E-state index contributed by atoms with van der Waals surface area (Å²) in [5.74, 6) is -0.857. The number of aryl methyl sites for hydroxylation is 1. The lowest BCUT2D eigenvalue weighted by molar-refractivity contribution is 0.102. The average molecular weight is 390 g/mol. The van der Waals surface area contributed by atoms with Gasteiger partial charge >= 0.3 is 0 Å². The third kappa shape index (κ3) is 3.06. The van der Waals surface area contributed by atoms with Crippen molar-refractivity contribution in [1.82, 2.24) is 19.4 Å². The number of fused-ring (bicyclic) bond motifs is 2. The molecule has 0 bridgehead atoms. The monoisotopic (exact) mass is 390 g/mol. The third-order valence-corrected chi connectivity index (χ3v) is 5.18. The summed E-state index contributed by atoms with van der Waals surface area (Å²) in [6.07, 6.45) is 8.85. The minimum atomic E-state index is -0.495. The Labute approximate surface area is 166 Å². The van der Waals surface area contributed by atoms with Gasteiger partial charge in [-0.05, 0) is 31.9 Å². The van der Waals surface area contributed by atoms with Crippen LogP contribution in [0.25, 0.3) is 16.7 Å². The van der Waals surface area contributed by atoms with E-state index in [0.717, 1.165) is 31.6 Å². The highest BCUT2D eigenvalue weighted by molar-refractivity contribution is 6.13. The zero-order valence-corrected chi connectivity index (χ0v) is 15.9. The molecule has 1 amide bonds. The number of nitrogens with one attached hydrogen (secondary N) is 1. The molecule has 0 aliphatic carbocycles. The van der Waals surface area contributed by atoms with E-state index >= 15 is 0 Å². The van der Waals surface area contributed by atoms with Crippen molar-refractivity contribution in [3.8, 4) is 0 Å². The van der Waals surface area contributed by atoms with Crippen LogP contribution < -0.4 is 10.2 Å².